The maximum Gasteiger partial charge on any atom is 0.459 e. The van der Waals surface area contributed by atoms with Crippen molar-refractivity contribution in [1.82, 2.24) is 24.6 Å². The van der Waals surface area contributed by atoms with Crippen molar-refractivity contribution in [3.05, 3.63) is 77.8 Å². The first-order valence-electron chi connectivity index (χ1n) is 12.7. The van der Waals surface area contributed by atoms with E-state index in [-0.39, 0.29) is 36.5 Å². The van der Waals surface area contributed by atoms with Crippen molar-refractivity contribution in [1.29, 1.82) is 0 Å². The molecule has 216 valence electrons. The van der Waals surface area contributed by atoms with Gasteiger partial charge in [0.15, 0.2) is 11.5 Å². The number of nitrogens with zero attached hydrogens (tertiary/aromatic N) is 4. The highest BCUT2D eigenvalue weighted by atomic mass is 35.5. The number of benzene rings is 2. The van der Waals surface area contributed by atoms with Crippen LogP contribution in [0.15, 0.2) is 67.0 Å². The second-order valence-electron chi connectivity index (χ2n) is 9.28. The van der Waals surface area contributed by atoms with E-state index < -0.39 is 38.2 Å². The van der Waals surface area contributed by atoms with E-state index in [9.17, 15) is 14.5 Å². The maximum atomic E-state index is 13.8. The molecule has 2 aromatic carbocycles. The fourth-order valence-electron chi connectivity index (χ4n) is 4.18. The summed E-state index contributed by atoms with van der Waals surface area (Å²) in [6.07, 6.45) is -0.975. The Morgan fingerprint density at radius 1 is 1.22 bits per heavy atom. The highest BCUT2D eigenvalue weighted by Gasteiger charge is 2.40. The lowest BCUT2D eigenvalue weighted by Crippen LogP contribution is -2.36. The zero-order valence-electron chi connectivity index (χ0n) is 21.9. The minimum atomic E-state index is -4.17. The molecule has 0 radical (unpaired) electrons. The number of para-hydroxylation sites is 1. The van der Waals surface area contributed by atoms with Crippen LogP contribution in [0.5, 0.6) is 5.75 Å². The van der Waals surface area contributed by atoms with Crippen LogP contribution in [-0.4, -0.2) is 55.5 Å². The first-order valence-corrected chi connectivity index (χ1v) is 14.6. The number of imidazole rings is 1. The molecule has 1 fully saturated rings. The third-order valence-electron chi connectivity index (χ3n) is 6.24. The Morgan fingerprint density at radius 3 is 2.66 bits per heavy atom. The van der Waals surface area contributed by atoms with Crippen LogP contribution in [0.2, 0.25) is 5.28 Å². The van der Waals surface area contributed by atoms with Crippen LogP contribution in [0.25, 0.3) is 11.2 Å². The maximum absolute atomic E-state index is 13.8. The van der Waals surface area contributed by atoms with E-state index in [0.29, 0.717) is 11.2 Å². The number of rotatable bonds is 11. The third kappa shape index (κ3) is 7.02. The number of nitrogens with one attached hydrogen (secondary N) is 1. The van der Waals surface area contributed by atoms with Crippen molar-refractivity contribution in [2.75, 3.05) is 12.3 Å². The molecule has 41 heavy (non-hydrogen) atoms. The van der Waals surface area contributed by atoms with Crippen molar-refractivity contribution in [3.63, 3.8) is 0 Å². The SMILES string of the molecule is C[C@H](NP(=O)(OCC1O[C@@H](n2cnc3c(N)nc(Cl)nc32)C[C@H]1O)Oc1ccccc1)C(=O)OCc1ccccc1. The zero-order valence-corrected chi connectivity index (χ0v) is 23.5. The molecule has 13 nitrogen and oxygen atoms in total. The van der Waals surface area contributed by atoms with E-state index in [2.05, 4.69) is 20.0 Å². The minimum absolute atomic E-state index is 0.0462. The van der Waals surface area contributed by atoms with E-state index in [1.165, 1.54) is 13.3 Å². The number of carbonyl (C=O) groups excluding carboxylic acids is 1. The highest BCUT2D eigenvalue weighted by molar-refractivity contribution is 7.52. The normalized spacial score (nSPS) is 20.9. The first kappa shape index (κ1) is 28.9. The van der Waals surface area contributed by atoms with Gasteiger partial charge in [-0.2, -0.15) is 15.1 Å². The Kier molecular flexibility index (Phi) is 8.83. The lowest BCUT2D eigenvalue weighted by Gasteiger charge is -2.24. The quantitative estimate of drug-likeness (QED) is 0.129. The molecule has 1 saturated heterocycles. The summed E-state index contributed by atoms with van der Waals surface area (Å²) in [4.78, 5) is 24.9. The predicted octanol–water partition coefficient (Wildman–Crippen LogP) is 3.64. The summed E-state index contributed by atoms with van der Waals surface area (Å²) in [5.41, 5.74) is 7.36. The van der Waals surface area contributed by atoms with E-state index in [1.54, 1.807) is 34.9 Å². The minimum Gasteiger partial charge on any atom is -0.460 e. The summed E-state index contributed by atoms with van der Waals surface area (Å²) in [6.45, 7) is 1.20. The van der Waals surface area contributed by atoms with Gasteiger partial charge in [0.1, 0.15) is 36.2 Å². The van der Waals surface area contributed by atoms with Crippen LogP contribution >= 0.6 is 19.3 Å². The van der Waals surface area contributed by atoms with Crippen molar-refractivity contribution < 1.29 is 33.0 Å². The smallest absolute Gasteiger partial charge is 0.459 e. The van der Waals surface area contributed by atoms with Crippen LogP contribution in [0.3, 0.4) is 0 Å². The van der Waals surface area contributed by atoms with Gasteiger partial charge in [-0.25, -0.2) is 9.55 Å². The lowest BCUT2D eigenvalue weighted by atomic mass is 10.2. The fraction of sp³-hybridized carbons (Fsp3) is 0.308. The average molecular weight is 603 g/mol. The first-order chi connectivity index (χ1) is 19.7. The van der Waals surface area contributed by atoms with E-state index in [4.69, 9.17) is 35.9 Å². The van der Waals surface area contributed by atoms with Crippen LogP contribution in [0, 0.1) is 0 Å². The van der Waals surface area contributed by atoms with Gasteiger partial charge in [0.25, 0.3) is 0 Å². The van der Waals surface area contributed by atoms with Gasteiger partial charge in [0, 0.05) is 6.42 Å². The Hall–Kier alpha value is -3.58. The zero-order chi connectivity index (χ0) is 29.0. The summed E-state index contributed by atoms with van der Waals surface area (Å²) < 4.78 is 38.1. The largest absolute Gasteiger partial charge is 0.460 e. The van der Waals surface area contributed by atoms with Gasteiger partial charge >= 0.3 is 13.7 Å². The van der Waals surface area contributed by atoms with Crippen LogP contribution in [0.4, 0.5) is 5.82 Å². The Labute approximate surface area is 240 Å². The van der Waals surface area contributed by atoms with Crippen molar-refractivity contribution in [2.45, 2.75) is 44.4 Å². The number of aliphatic hydroxyl groups is 1. The average Bonchev–Trinajstić information content (AvgIpc) is 3.54. The monoisotopic (exact) mass is 602 g/mol. The second-order valence-corrected chi connectivity index (χ2v) is 11.3. The molecule has 0 bridgehead atoms. The number of aromatic nitrogens is 4. The topological polar surface area (TPSA) is 173 Å². The van der Waals surface area contributed by atoms with Crippen molar-refractivity contribution in [3.8, 4) is 5.75 Å². The summed E-state index contributed by atoms with van der Waals surface area (Å²) in [5, 5.41) is 13.3. The summed E-state index contributed by atoms with van der Waals surface area (Å²) >= 11 is 5.96. The molecule has 1 aliphatic heterocycles. The molecule has 4 aromatic rings. The Morgan fingerprint density at radius 2 is 1.93 bits per heavy atom. The number of aliphatic hydroxyl groups excluding tert-OH is 1. The molecule has 2 aromatic heterocycles. The Balaban J connectivity index is 1.26. The highest BCUT2D eigenvalue weighted by Crippen LogP contribution is 2.46. The van der Waals surface area contributed by atoms with Crippen molar-refractivity contribution in [2.24, 2.45) is 0 Å². The summed E-state index contributed by atoms with van der Waals surface area (Å²) in [6, 6.07) is 16.5. The molecule has 15 heteroatoms. The number of nitrogens with two attached hydrogens (primary N) is 1. The molecule has 2 unspecified atom stereocenters. The van der Waals surface area contributed by atoms with Crippen molar-refractivity contribution >= 4 is 42.3 Å². The van der Waals surface area contributed by atoms with Gasteiger partial charge in [-0.3, -0.25) is 13.9 Å². The number of nitrogen functional groups attached to an aromatic ring is 1. The molecule has 5 atom stereocenters. The molecule has 5 rings (SSSR count). The number of hydrogen-bond donors (Lipinski definition) is 3. The molecular formula is C26H28ClN6O7P. The molecule has 4 N–H and O–H groups in total. The van der Waals surface area contributed by atoms with Gasteiger partial charge < -0.3 is 24.8 Å². The van der Waals surface area contributed by atoms with Gasteiger partial charge in [-0.1, -0.05) is 48.5 Å². The second kappa shape index (κ2) is 12.5. The van der Waals surface area contributed by atoms with Gasteiger partial charge in [0.2, 0.25) is 5.28 Å². The van der Waals surface area contributed by atoms with E-state index in [1.807, 2.05) is 30.3 Å². The summed E-state index contributed by atoms with van der Waals surface area (Å²) in [7, 11) is -4.17. The number of anilines is 1. The van der Waals surface area contributed by atoms with Crippen LogP contribution in [0.1, 0.15) is 25.1 Å². The molecule has 0 aliphatic carbocycles. The lowest BCUT2D eigenvalue weighted by molar-refractivity contribution is -0.146. The fourth-order valence-corrected chi connectivity index (χ4v) is 5.86. The van der Waals surface area contributed by atoms with E-state index >= 15 is 0 Å². The third-order valence-corrected chi connectivity index (χ3v) is 8.06. The standard InChI is InChI=1S/C26H28ClN6O7P/c1-16(25(35)37-13-17-8-4-2-5-9-17)32-41(36,40-18-10-6-3-7-11-18)38-14-20-19(34)12-21(39-20)33-15-29-22-23(28)30-26(27)31-24(22)33/h2-11,15-16,19-21,34H,12-14H2,1H3,(H,32,36)(H2,28,30,31)/t16-,19+,20?,21+,41?/m0/s1. The predicted molar refractivity (Wildman–Crippen MR) is 149 cm³/mol. The Bertz CT molecular complexity index is 1540. The number of fused-ring (bicyclic) bond motifs is 1. The molecule has 0 amide bonds. The van der Waals surface area contributed by atoms with Crippen LogP contribution in [-0.2, 0) is 30.0 Å². The van der Waals surface area contributed by atoms with Gasteiger partial charge in [-0.15, -0.1) is 0 Å². The van der Waals surface area contributed by atoms with Crippen LogP contribution < -0.4 is 15.3 Å². The number of esters is 1. The number of carbonyl (C=O) groups is 1. The van der Waals surface area contributed by atoms with Gasteiger partial charge in [0.05, 0.1) is 19.0 Å². The number of halogens is 1. The number of ether oxygens (including phenoxy) is 2. The van der Waals surface area contributed by atoms with E-state index in [0.717, 1.165) is 5.56 Å². The molecule has 1 aliphatic rings. The molecular weight excluding hydrogens is 575 g/mol. The molecule has 0 spiro atoms. The molecule has 3 heterocycles. The number of hydrogen-bond acceptors (Lipinski definition) is 11. The molecule has 0 saturated carbocycles. The summed E-state index contributed by atoms with van der Waals surface area (Å²) in [5.74, 6) is -0.296. The van der Waals surface area contributed by atoms with Gasteiger partial charge in [-0.05, 0) is 36.2 Å².